The van der Waals surface area contributed by atoms with Gasteiger partial charge in [0.1, 0.15) is 5.69 Å². The van der Waals surface area contributed by atoms with Crippen LogP contribution in [0.4, 0.5) is 0 Å². The van der Waals surface area contributed by atoms with Gasteiger partial charge in [-0.25, -0.2) is 9.67 Å². The molecule has 0 atom stereocenters. The molecule has 0 saturated carbocycles. The first-order valence-electron chi connectivity index (χ1n) is 5.82. The quantitative estimate of drug-likeness (QED) is 0.687. The highest BCUT2D eigenvalue weighted by Gasteiger charge is 2.17. The molecule has 0 unspecified atom stereocenters. The fourth-order valence-electron chi connectivity index (χ4n) is 1.84. The second-order valence-electron chi connectivity index (χ2n) is 4.04. The van der Waals surface area contributed by atoms with E-state index in [1.54, 1.807) is 23.1 Å². The number of ketones is 1. The summed E-state index contributed by atoms with van der Waals surface area (Å²) in [6, 6.07) is 11.3. The lowest BCUT2D eigenvalue weighted by molar-refractivity contribution is 0.103. The molecule has 2 aromatic heterocycles. The van der Waals surface area contributed by atoms with Crippen LogP contribution in [0.5, 0.6) is 0 Å². The van der Waals surface area contributed by atoms with Crippen LogP contribution < -0.4 is 0 Å². The van der Waals surface area contributed by atoms with E-state index in [1.165, 1.54) is 11.3 Å². The molecule has 0 aliphatic heterocycles. The van der Waals surface area contributed by atoms with E-state index in [2.05, 4.69) is 10.1 Å². The summed E-state index contributed by atoms with van der Waals surface area (Å²) in [5.41, 5.74) is 1.42. The van der Waals surface area contributed by atoms with Gasteiger partial charge >= 0.3 is 0 Å². The second-order valence-corrected chi connectivity index (χ2v) is 5.27. The monoisotopic (exact) mass is 269 g/mol. The second kappa shape index (κ2) is 4.78. The molecule has 2 heterocycles. The van der Waals surface area contributed by atoms with Gasteiger partial charge in [-0.3, -0.25) is 4.79 Å². The summed E-state index contributed by atoms with van der Waals surface area (Å²) in [5, 5.41) is 5.10. The predicted molar refractivity (Wildman–Crippen MR) is 73.8 cm³/mol. The molecule has 0 aliphatic carbocycles. The molecule has 94 valence electrons. The zero-order chi connectivity index (χ0) is 13.2. The topological polar surface area (TPSA) is 47.8 Å². The van der Waals surface area contributed by atoms with Gasteiger partial charge in [0.2, 0.25) is 5.78 Å². The van der Waals surface area contributed by atoms with Crippen molar-refractivity contribution in [1.29, 1.82) is 0 Å². The number of aryl methyl sites for hydroxylation is 1. The summed E-state index contributed by atoms with van der Waals surface area (Å²) in [4.78, 5) is 17.2. The average Bonchev–Trinajstić information content (AvgIpc) is 3.07. The Balaban J connectivity index is 2.03. The van der Waals surface area contributed by atoms with E-state index in [4.69, 9.17) is 0 Å². The minimum absolute atomic E-state index is 0.0491. The van der Waals surface area contributed by atoms with Gasteiger partial charge in [-0.15, -0.1) is 11.3 Å². The van der Waals surface area contributed by atoms with Crippen molar-refractivity contribution in [2.45, 2.75) is 6.92 Å². The van der Waals surface area contributed by atoms with Crippen molar-refractivity contribution in [2.24, 2.45) is 0 Å². The molecular weight excluding hydrogens is 258 g/mol. The predicted octanol–water partition coefficient (Wildman–Crippen LogP) is 2.87. The number of carbonyl (C=O) groups is 1. The van der Waals surface area contributed by atoms with Gasteiger partial charge in [-0.2, -0.15) is 5.10 Å². The van der Waals surface area contributed by atoms with Crippen LogP contribution >= 0.6 is 11.3 Å². The minimum atomic E-state index is -0.0491. The lowest BCUT2D eigenvalue weighted by Crippen LogP contribution is -2.08. The zero-order valence-electron chi connectivity index (χ0n) is 10.3. The zero-order valence-corrected chi connectivity index (χ0v) is 11.1. The summed E-state index contributed by atoms with van der Waals surface area (Å²) in [7, 11) is 0. The lowest BCUT2D eigenvalue weighted by atomic mass is 10.2. The molecule has 1 aromatic carbocycles. The van der Waals surface area contributed by atoms with Gasteiger partial charge in [0.25, 0.3) is 0 Å². The van der Waals surface area contributed by atoms with Gasteiger partial charge in [0, 0.05) is 6.20 Å². The van der Waals surface area contributed by atoms with Crippen molar-refractivity contribution >= 4 is 17.1 Å². The fourth-order valence-corrected chi connectivity index (χ4v) is 2.57. The Hall–Kier alpha value is -2.27. The molecule has 0 N–H and O–H groups in total. The summed E-state index contributed by atoms with van der Waals surface area (Å²) >= 11 is 1.40. The largest absolute Gasteiger partial charge is 0.286 e. The number of carbonyl (C=O) groups excluding carboxylic acids is 1. The van der Waals surface area contributed by atoms with Crippen LogP contribution in [0.25, 0.3) is 5.69 Å². The van der Waals surface area contributed by atoms with E-state index in [0.29, 0.717) is 10.6 Å². The highest BCUT2D eigenvalue weighted by Crippen LogP contribution is 2.18. The Morgan fingerprint density at radius 3 is 2.68 bits per heavy atom. The summed E-state index contributed by atoms with van der Waals surface area (Å²) in [5.74, 6) is -0.0491. The summed E-state index contributed by atoms with van der Waals surface area (Å²) < 4.78 is 1.65. The van der Waals surface area contributed by atoms with Gasteiger partial charge < -0.3 is 0 Å². The third-order valence-electron chi connectivity index (χ3n) is 2.72. The first kappa shape index (κ1) is 11.8. The van der Waals surface area contributed by atoms with E-state index in [1.807, 2.05) is 37.3 Å². The Labute approximate surface area is 114 Å². The van der Waals surface area contributed by atoms with E-state index in [9.17, 15) is 4.79 Å². The molecule has 0 amide bonds. The van der Waals surface area contributed by atoms with Crippen molar-refractivity contribution in [3.8, 4) is 5.69 Å². The maximum absolute atomic E-state index is 12.4. The molecule has 4 nitrogen and oxygen atoms in total. The number of thiazole rings is 1. The Morgan fingerprint density at radius 1 is 1.21 bits per heavy atom. The third-order valence-corrected chi connectivity index (χ3v) is 3.63. The first-order valence-corrected chi connectivity index (χ1v) is 6.64. The molecule has 0 aliphatic rings. The van der Waals surface area contributed by atoms with Gasteiger partial charge in [-0.05, 0) is 25.1 Å². The highest BCUT2D eigenvalue weighted by atomic mass is 32.1. The van der Waals surface area contributed by atoms with Crippen molar-refractivity contribution in [1.82, 2.24) is 14.8 Å². The number of para-hydroxylation sites is 1. The SMILES string of the molecule is Cc1ncc(C(=O)c2ccnn2-c2ccccc2)s1. The number of nitrogens with zero attached hydrogens (tertiary/aromatic N) is 3. The van der Waals surface area contributed by atoms with Gasteiger partial charge in [0.15, 0.2) is 0 Å². The van der Waals surface area contributed by atoms with E-state index < -0.39 is 0 Å². The molecule has 3 rings (SSSR count). The van der Waals surface area contributed by atoms with Crippen molar-refractivity contribution in [3.05, 3.63) is 64.4 Å². The number of hydrogen-bond acceptors (Lipinski definition) is 4. The molecule has 0 radical (unpaired) electrons. The van der Waals surface area contributed by atoms with Crippen LogP contribution in [-0.2, 0) is 0 Å². The summed E-state index contributed by atoms with van der Waals surface area (Å²) in [6.07, 6.45) is 3.25. The lowest BCUT2D eigenvalue weighted by Gasteiger charge is -2.05. The Bertz CT molecular complexity index is 715. The molecule has 5 heteroatoms. The Morgan fingerprint density at radius 2 is 2.00 bits per heavy atom. The molecule has 0 spiro atoms. The van der Waals surface area contributed by atoms with E-state index in [-0.39, 0.29) is 5.78 Å². The molecular formula is C14H11N3OS. The third kappa shape index (κ3) is 2.20. The van der Waals surface area contributed by atoms with Crippen molar-refractivity contribution < 1.29 is 4.79 Å². The molecule has 0 saturated heterocycles. The molecule has 19 heavy (non-hydrogen) atoms. The van der Waals surface area contributed by atoms with E-state index >= 15 is 0 Å². The average molecular weight is 269 g/mol. The first-order chi connectivity index (χ1) is 9.25. The highest BCUT2D eigenvalue weighted by molar-refractivity contribution is 7.13. The Kier molecular flexibility index (Phi) is 2.97. The number of aromatic nitrogens is 3. The smallest absolute Gasteiger partial charge is 0.223 e. The normalized spacial score (nSPS) is 10.6. The van der Waals surface area contributed by atoms with Crippen LogP contribution in [0.15, 0.2) is 48.8 Å². The van der Waals surface area contributed by atoms with Crippen LogP contribution in [-0.4, -0.2) is 20.5 Å². The number of rotatable bonds is 3. The van der Waals surface area contributed by atoms with Crippen molar-refractivity contribution in [3.63, 3.8) is 0 Å². The molecule has 0 bridgehead atoms. The van der Waals surface area contributed by atoms with E-state index in [0.717, 1.165) is 10.7 Å². The maximum Gasteiger partial charge on any atom is 0.223 e. The van der Waals surface area contributed by atoms with Crippen LogP contribution in [0.3, 0.4) is 0 Å². The minimum Gasteiger partial charge on any atom is -0.286 e. The standard InChI is InChI=1S/C14H11N3OS/c1-10-15-9-13(19-10)14(18)12-7-8-16-17(12)11-5-3-2-4-6-11/h2-9H,1H3. The number of hydrogen-bond donors (Lipinski definition) is 0. The maximum atomic E-state index is 12.4. The van der Waals surface area contributed by atoms with Crippen molar-refractivity contribution in [2.75, 3.05) is 0 Å². The van der Waals surface area contributed by atoms with Crippen LogP contribution in [0.1, 0.15) is 20.4 Å². The van der Waals surface area contributed by atoms with Gasteiger partial charge in [0.05, 0.1) is 21.8 Å². The molecule has 3 aromatic rings. The number of benzene rings is 1. The van der Waals surface area contributed by atoms with Crippen LogP contribution in [0.2, 0.25) is 0 Å². The summed E-state index contributed by atoms with van der Waals surface area (Å²) in [6.45, 7) is 1.88. The van der Waals surface area contributed by atoms with Gasteiger partial charge in [-0.1, -0.05) is 18.2 Å². The van der Waals surface area contributed by atoms with Crippen LogP contribution in [0, 0.1) is 6.92 Å². The molecule has 0 fully saturated rings. The fraction of sp³-hybridized carbons (Fsp3) is 0.0714.